The maximum Gasteiger partial charge on any atom is 0.174 e. The van der Waals surface area contributed by atoms with Gasteiger partial charge in [0.15, 0.2) is 5.11 Å². The predicted octanol–water partition coefficient (Wildman–Crippen LogP) is 4.59. The zero-order chi connectivity index (χ0) is 24.5. The fourth-order valence-electron chi connectivity index (χ4n) is 5.21. The van der Waals surface area contributed by atoms with Crippen molar-refractivity contribution in [3.8, 4) is 5.69 Å². The highest BCUT2D eigenvalue weighted by Crippen LogP contribution is 2.43. The summed E-state index contributed by atoms with van der Waals surface area (Å²) in [5, 5.41) is 4.26. The third kappa shape index (κ3) is 4.12. The van der Waals surface area contributed by atoms with E-state index in [1.54, 1.807) is 6.20 Å². The smallest absolute Gasteiger partial charge is 0.174 e. The van der Waals surface area contributed by atoms with Gasteiger partial charge < -0.3 is 24.4 Å². The van der Waals surface area contributed by atoms with Crippen LogP contribution in [0.2, 0.25) is 0 Å². The molecular formula is C28H28N6OS. The molecule has 0 radical (unpaired) electrons. The van der Waals surface area contributed by atoms with E-state index in [-0.39, 0.29) is 12.1 Å². The number of hydrogen-bond acceptors (Lipinski definition) is 5. The van der Waals surface area contributed by atoms with E-state index in [4.69, 9.17) is 21.9 Å². The Hall–Kier alpha value is -3.75. The van der Waals surface area contributed by atoms with Gasteiger partial charge in [-0.3, -0.25) is 9.97 Å². The van der Waals surface area contributed by atoms with Gasteiger partial charge in [-0.2, -0.15) is 0 Å². The van der Waals surface area contributed by atoms with Crippen molar-refractivity contribution in [1.82, 2.24) is 19.9 Å². The van der Waals surface area contributed by atoms with Crippen molar-refractivity contribution in [3.63, 3.8) is 0 Å². The van der Waals surface area contributed by atoms with Gasteiger partial charge in [0.25, 0.3) is 0 Å². The fraction of sp³-hybridized carbons (Fsp3) is 0.250. The SMILES string of the molecule is Cc1ccc(C2C(c3ccccn3)NC(=S)N2c2ccc(N3CCOCC3)cc2)n1-c1cccnc1. The van der Waals surface area contributed by atoms with Crippen LogP contribution in [0, 0.1) is 6.92 Å². The Morgan fingerprint density at radius 1 is 0.889 bits per heavy atom. The van der Waals surface area contributed by atoms with Crippen molar-refractivity contribution in [2.24, 2.45) is 0 Å². The first-order chi connectivity index (χ1) is 17.7. The number of rotatable bonds is 5. The highest BCUT2D eigenvalue weighted by molar-refractivity contribution is 7.80. The van der Waals surface area contributed by atoms with Crippen LogP contribution < -0.4 is 15.1 Å². The second-order valence-corrected chi connectivity index (χ2v) is 9.45. The molecule has 182 valence electrons. The topological polar surface area (TPSA) is 58.5 Å². The normalized spacial score (nSPS) is 20.0. The minimum Gasteiger partial charge on any atom is -0.378 e. The van der Waals surface area contributed by atoms with Crippen molar-refractivity contribution < 1.29 is 4.74 Å². The first-order valence-corrected chi connectivity index (χ1v) is 12.6. The van der Waals surface area contributed by atoms with Gasteiger partial charge in [0.1, 0.15) is 6.04 Å². The average Bonchev–Trinajstić information content (AvgIpc) is 3.49. The minimum atomic E-state index is -0.109. The number of ether oxygens (including phenoxy) is 1. The van der Waals surface area contributed by atoms with E-state index in [1.807, 2.05) is 30.6 Å². The first-order valence-electron chi connectivity index (χ1n) is 12.2. The van der Waals surface area contributed by atoms with Crippen molar-refractivity contribution in [3.05, 3.63) is 102 Å². The second kappa shape index (κ2) is 9.72. The van der Waals surface area contributed by atoms with Crippen LogP contribution in [0.3, 0.4) is 0 Å². The van der Waals surface area contributed by atoms with Crippen molar-refractivity contribution in [2.75, 3.05) is 36.1 Å². The van der Waals surface area contributed by atoms with Crippen LogP contribution >= 0.6 is 12.2 Å². The number of aryl methyl sites for hydroxylation is 1. The lowest BCUT2D eigenvalue weighted by Gasteiger charge is -2.31. The summed E-state index contributed by atoms with van der Waals surface area (Å²) in [6.45, 7) is 5.46. The molecule has 0 bridgehead atoms. The monoisotopic (exact) mass is 496 g/mol. The van der Waals surface area contributed by atoms with Gasteiger partial charge in [-0.25, -0.2) is 0 Å². The molecule has 8 heteroatoms. The van der Waals surface area contributed by atoms with Crippen molar-refractivity contribution >= 4 is 28.7 Å². The lowest BCUT2D eigenvalue weighted by atomic mass is 10.0. The van der Waals surface area contributed by atoms with Crippen LogP contribution in [0.15, 0.2) is 85.3 Å². The molecule has 2 atom stereocenters. The average molecular weight is 497 g/mol. The molecule has 3 aromatic heterocycles. The molecule has 1 aromatic carbocycles. The van der Waals surface area contributed by atoms with Crippen LogP contribution in [0.4, 0.5) is 11.4 Å². The lowest BCUT2D eigenvalue weighted by Crippen LogP contribution is -2.36. The molecule has 0 aliphatic carbocycles. The van der Waals surface area contributed by atoms with E-state index in [0.29, 0.717) is 5.11 Å². The number of nitrogens with one attached hydrogen (secondary N) is 1. The maximum absolute atomic E-state index is 5.94. The van der Waals surface area contributed by atoms with E-state index in [2.05, 4.69) is 80.1 Å². The Bertz CT molecular complexity index is 1340. The maximum atomic E-state index is 5.94. The fourth-order valence-corrected chi connectivity index (χ4v) is 5.55. The summed E-state index contributed by atoms with van der Waals surface area (Å²) in [6.07, 6.45) is 5.53. The van der Waals surface area contributed by atoms with Crippen LogP contribution in [-0.4, -0.2) is 46.0 Å². The van der Waals surface area contributed by atoms with Gasteiger partial charge in [0.05, 0.1) is 36.8 Å². The minimum absolute atomic E-state index is 0.101. The van der Waals surface area contributed by atoms with Gasteiger partial charge in [-0.1, -0.05) is 6.07 Å². The number of benzene rings is 1. The molecular weight excluding hydrogens is 468 g/mol. The van der Waals surface area contributed by atoms with E-state index in [1.165, 1.54) is 5.69 Å². The van der Waals surface area contributed by atoms with E-state index >= 15 is 0 Å². The quantitative estimate of drug-likeness (QED) is 0.406. The van der Waals surface area contributed by atoms with Gasteiger partial charge in [-0.05, 0) is 79.8 Å². The molecule has 1 N–H and O–H groups in total. The summed E-state index contributed by atoms with van der Waals surface area (Å²) in [5.74, 6) is 0. The molecule has 0 saturated carbocycles. The largest absolute Gasteiger partial charge is 0.378 e. The Morgan fingerprint density at radius 3 is 2.42 bits per heavy atom. The first kappa shape index (κ1) is 22.7. The van der Waals surface area contributed by atoms with E-state index in [0.717, 1.165) is 54.8 Å². The molecule has 2 saturated heterocycles. The van der Waals surface area contributed by atoms with Gasteiger partial charge in [0, 0.05) is 48.2 Å². The number of thiocarbonyl (C=S) groups is 1. The molecule has 7 nitrogen and oxygen atoms in total. The van der Waals surface area contributed by atoms with Gasteiger partial charge in [-0.15, -0.1) is 0 Å². The number of morpholine rings is 1. The number of aromatic nitrogens is 3. The number of hydrogen-bond donors (Lipinski definition) is 1. The molecule has 2 aliphatic rings. The summed E-state index contributed by atoms with van der Waals surface area (Å²) in [5.41, 5.74) is 6.49. The number of anilines is 2. The molecule has 6 rings (SSSR count). The summed E-state index contributed by atoms with van der Waals surface area (Å²) >= 11 is 5.94. The summed E-state index contributed by atoms with van der Waals surface area (Å²) in [6, 6.07) is 22.9. The lowest BCUT2D eigenvalue weighted by molar-refractivity contribution is 0.122. The second-order valence-electron chi connectivity index (χ2n) is 9.06. The van der Waals surface area contributed by atoms with Gasteiger partial charge >= 0.3 is 0 Å². The van der Waals surface area contributed by atoms with Crippen LogP contribution in [0.5, 0.6) is 0 Å². The molecule has 5 heterocycles. The molecule has 36 heavy (non-hydrogen) atoms. The summed E-state index contributed by atoms with van der Waals surface area (Å²) in [7, 11) is 0. The third-order valence-electron chi connectivity index (χ3n) is 6.92. The summed E-state index contributed by atoms with van der Waals surface area (Å²) < 4.78 is 7.78. The Morgan fingerprint density at radius 2 is 1.69 bits per heavy atom. The highest BCUT2D eigenvalue weighted by Gasteiger charge is 2.42. The zero-order valence-corrected chi connectivity index (χ0v) is 20.9. The molecule has 0 amide bonds. The number of pyridine rings is 2. The van der Waals surface area contributed by atoms with Crippen LogP contribution in [0.25, 0.3) is 5.69 Å². The molecule has 2 unspecified atom stereocenters. The zero-order valence-electron chi connectivity index (χ0n) is 20.1. The predicted molar refractivity (Wildman–Crippen MR) is 146 cm³/mol. The van der Waals surface area contributed by atoms with Gasteiger partial charge in [0.2, 0.25) is 0 Å². The molecule has 4 aromatic rings. The number of nitrogens with zero attached hydrogens (tertiary/aromatic N) is 5. The highest BCUT2D eigenvalue weighted by atomic mass is 32.1. The molecule has 2 aliphatic heterocycles. The van der Waals surface area contributed by atoms with Crippen molar-refractivity contribution in [2.45, 2.75) is 19.0 Å². The van der Waals surface area contributed by atoms with Crippen LogP contribution in [0.1, 0.15) is 29.2 Å². The van der Waals surface area contributed by atoms with E-state index in [9.17, 15) is 0 Å². The standard InChI is InChI=1S/C28H28N6OS/c1-20-7-12-25(33(20)23-5-4-13-29-19-23)27-26(24-6-2-3-14-30-24)31-28(36)34(27)22-10-8-21(9-11-22)32-15-17-35-18-16-32/h2-14,19,26-27H,15-18H2,1H3,(H,31,36). The molecule has 2 fully saturated rings. The summed E-state index contributed by atoms with van der Waals surface area (Å²) in [4.78, 5) is 13.6. The van der Waals surface area contributed by atoms with Crippen LogP contribution in [-0.2, 0) is 4.74 Å². The van der Waals surface area contributed by atoms with E-state index < -0.39 is 0 Å². The Balaban J connectivity index is 1.44. The Kier molecular flexibility index (Phi) is 6.13. The van der Waals surface area contributed by atoms with Crippen molar-refractivity contribution in [1.29, 1.82) is 0 Å². The Labute approximate surface area is 216 Å². The third-order valence-corrected chi connectivity index (χ3v) is 7.23. The molecule has 0 spiro atoms.